The number of alkyl halides is 3. The lowest BCUT2D eigenvalue weighted by Crippen LogP contribution is -2.52. The third-order valence-electron chi connectivity index (χ3n) is 4.63. The molecule has 0 radical (unpaired) electrons. The Kier molecular flexibility index (Phi) is 5.84. The number of piperidine rings is 1. The molecule has 1 aliphatic rings. The van der Waals surface area contributed by atoms with Gasteiger partial charge in [0.05, 0.1) is 10.4 Å². The molecule has 158 valence electrons. The van der Waals surface area contributed by atoms with Crippen LogP contribution in [0.5, 0.6) is 5.75 Å². The molecule has 1 saturated heterocycles. The highest BCUT2D eigenvalue weighted by Crippen LogP contribution is 2.34. The first-order valence-electron chi connectivity index (χ1n) is 8.57. The number of hydrogen-bond donors (Lipinski definition) is 2. The van der Waals surface area contributed by atoms with Crippen LogP contribution in [-0.2, 0) is 15.6 Å². The van der Waals surface area contributed by atoms with E-state index in [1.165, 1.54) is 6.07 Å². The van der Waals surface area contributed by atoms with Gasteiger partial charge in [-0.15, -0.1) is 13.2 Å². The normalized spacial score (nSPS) is 17.1. The van der Waals surface area contributed by atoms with Gasteiger partial charge < -0.3 is 10.1 Å². The fourth-order valence-electron chi connectivity index (χ4n) is 3.23. The summed E-state index contributed by atoms with van der Waals surface area (Å²) in [6.45, 7) is 0.861. The van der Waals surface area contributed by atoms with Gasteiger partial charge in [0.1, 0.15) is 5.75 Å². The summed E-state index contributed by atoms with van der Waals surface area (Å²) in [5.74, 6) is -2.72. The summed E-state index contributed by atoms with van der Waals surface area (Å²) in [4.78, 5) is -0.285. The van der Waals surface area contributed by atoms with Gasteiger partial charge in [0.2, 0.25) is 10.0 Å². The summed E-state index contributed by atoms with van der Waals surface area (Å²) in [6.07, 6.45) is -4.36. The lowest BCUT2D eigenvalue weighted by molar-refractivity contribution is -0.274. The average molecular weight is 436 g/mol. The smallest absolute Gasteiger partial charge is 0.406 e. The van der Waals surface area contributed by atoms with Crippen molar-refractivity contribution in [3.63, 3.8) is 0 Å². The molecule has 0 saturated carbocycles. The first kappa shape index (κ1) is 21.5. The van der Waals surface area contributed by atoms with Crippen molar-refractivity contribution in [3.05, 3.63) is 59.7 Å². The summed E-state index contributed by atoms with van der Waals surface area (Å²) >= 11 is 0. The Hall–Kier alpha value is -2.24. The molecule has 0 unspecified atom stereocenters. The van der Waals surface area contributed by atoms with Crippen molar-refractivity contribution >= 4 is 10.0 Å². The van der Waals surface area contributed by atoms with Crippen molar-refractivity contribution in [2.75, 3.05) is 13.1 Å². The van der Waals surface area contributed by atoms with Crippen molar-refractivity contribution in [1.82, 2.24) is 10.0 Å². The maximum absolute atomic E-state index is 13.8. The molecular weight excluding hydrogens is 419 g/mol. The highest BCUT2D eigenvalue weighted by molar-refractivity contribution is 7.89. The van der Waals surface area contributed by atoms with Crippen molar-refractivity contribution in [3.8, 4) is 5.75 Å². The van der Waals surface area contributed by atoms with E-state index in [0.29, 0.717) is 13.1 Å². The van der Waals surface area contributed by atoms with Crippen LogP contribution in [0.4, 0.5) is 22.0 Å². The summed E-state index contributed by atoms with van der Waals surface area (Å²) in [5, 5.41) is 3.06. The maximum atomic E-state index is 13.8. The van der Waals surface area contributed by atoms with Crippen LogP contribution in [0.25, 0.3) is 0 Å². The van der Waals surface area contributed by atoms with Gasteiger partial charge in [0, 0.05) is 0 Å². The maximum Gasteiger partial charge on any atom is 0.573 e. The zero-order valence-electron chi connectivity index (χ0n) is 14.9. The molecule has 0 atom stereocenters. The van der Waals surface area contributed by atoms with Crippen molar-refractivity contribution in [2.24, 2.45) is 0 Å². The van der Waals surface area contributed by atoms with Crippen LogP contribution in [0.15, 0.2) is 47.4 Å². The molecule has 2 aromatic carbocycles. The third-order valence-corrected chi connectivity index (χ3v) is 6.18. The van der Waals surface area contributed by atoms with E-state index in [-0.39, 0.29) is 23.3 Å². The van der Waals surface area contributed by atoms with Gasteiger partial charge >= 0.3 is 6.36 Å². The largest absolute Gasteiger partial charge is 0.573 e. The van der Waals surface area contributed by atoms with Gasteiger partial charge in [-0.3, -0.25) is 0 Å². The Labute approximate surface area is 163 Å². The van der Waals surface area contributed by atoms with E-state index in [4.69, 9.17) is 0 Å². The number of hydrogen-bond acceptors (Lipinski definition) is 4. The molecule has 11 heteroatoms. The third kappa shape index (κ3) is 5.03. The summed E-state index contributed by atoms with van der Waals surface area (Å²) in [6, 6.07) is 6.90. The molecule has 1 heterocycles. The van der Waals surface area contributed by atoms with Gasteiger partial charge in [-0.25, -0.2) is 21.9 Å². The van der Waals surface area contributed by atoms with Crippen LogP contribution in [-0.4, -0.2) is 27.9 Å². The van der Waals surface area contributed by atoms with Crippen LogP contribution in [0.3, 0.4) is 0 Å². The highest BCUT2D eigenvalue weighted by atomic mass is 32.2. The number of rotatable bonds is 5. The number of ether oxygens (including phenoxy) is 1. The monoisotopic (exact) mass is 436 g/mol. The second-order valence-corrected chi connectivity index (χ2v) is 8.27. The second-order valence-electron chi connectivity index (χ2n) is 6.59. The zero-order valence-corrected chi connectivity index (χ0v) is 15.7. The number of halogens is 5. The standard InChI is InChI=1S/C18H17F5N2O3S/c19-15-6-1-12(11-16(15)20)17(7-9-24-10-8-17)25-29(26,27)14-4-2-13(3-5-14)28-18(21,22)23/h1-6,11,24-25H,7-10H2. The molecule has 5 nitrogen and oxygen atoms in total. The summed E-state index contributed by atoms with van der Waals surface area (Å²) in [5.41, 5.74) is -0.932. The van der Waals surface area contributed by atoms with Gasteiger partial charge in [-0.05, 0) is 67.9 Å². The van der Waals surface area contributed by atoms with Crippen LogP contribution in [0, 0.1) is 11.6 Å². The van der Waals surface area contributed by atoms with Crippen LogP contribution < -0.4 is 14.8 Å². The number of nitrogens with one attached hydrogen (secondary N) is 2. The van der Waals surface area contributed by atoms with E-state index in [2.05, 4.69) is 14.8 Å². The van der Waals surface area contributed by atoms with Crippen LogP contribution >= 0.6 is 0 Å². The molecular formula is C18H17F5N2O3S. The zero-order chi connectivity index (χ0) is 21.3. The molecule has 2 N–H and O–H groups in total. The van der Waals surface area contributed by atoms with Crippen molar-refractivity contribution < 1.29 is 35.1 Å². The summed E-state index contributed by atoms with van der Waals surface area (Å²) in [7, 11) is -4.18. The van der Waals surface area contributed by atoms with E-state index in [9.17, 15) is 30.4 Å². The van der Waals surface area contributed by atoms with E-state index in [1.54, 1.807) is 0 Å². The average Bonchev–Trinajstić information content (AvgIpc) is 2.63. The minimum Gasteiger partial charge on any atom is -0.406 e. The number of benzene rings is 2. The van der Waals surface area contributed by atoms with Gasteiger partial charge in [-0.2, -0.15) is 0 Å². The summed E-state index contributed by atoms with van der Waals surface area (Å²) < 4.78 is 95.9. The molecule has 29 heavy (non-hydrogen) atoms. The topological polar surface area (TPSA) is 67.4 Å². The van der Waals surface area contributed by atoms with Gasteiger partial charge in [0.15, 0.2) is 11.6 Å². The predicted molar refractivity (Wildman–Crippen MR) is 93.6 cm³/mol. The van der Waals surface area contributed by atoms with Gasteiger partial charge in [0.25, 0.3) is 0 Å². The Morgan fingerprint density at radius 3 is 2.14 bits per heavy atom. The second kappa shape index (κ2) is 7.88. The Morgan fingerprint density at radius 2 is 1.59 bits per heavy atom. The molecule has 1 aliphatic heterocycles. The molecule has 2 aromatic rings. The van der Waals surface area contributed by atoms with Crippen molar-refractivity contribution in [2.45, 2.75) is 29.6 Å². The Morgan fingerprint density at radius 1 is 0.966 bits per heavy atom. The van der Waals surface area contributed by atoms with Crippen molar-refractivity contribution in [1.29, 1.82) is 0 Å². The molecule has 0 amide bonds. The first-order valence-corrected chi connectivity index (χ1v) is 10.1. The van der Waals surface area contributed by atoms with E-state index in [1.807, 2.05) is 0 Å². The van der Waals surface area contributed by atoms with E-state index < -0.39 is 39.3 Å². The molecule has 1 fully saturated rings. The quantitative estimate of drug-likeness (QED) is 0.705. The molecule has 0 spiro atoms. The Balaban J connectivity index is 1.91. The lowest BCUT2D eigenvalue weighted by atomic mass is 9.82. The minimum absolute atomic E-state index is 0.262. The minimum atomic E-state index is -4.90. The molecule has 0 aromatic heterocycles. The van der Waals surface area contributed by atoms with Gasteiger partial charge in [-0.1, -0.05) is 6.07 Å². The van der Waals surface area contributed by atoms with Crippen LogP contribution in [0.2, 0.25) is 0 Å². The van der Waals surface area contributed by atoms with E-state index >= 15 is 0 Å². The Bertz CT molecular complexity index is 972. The molecule has 0 aliphatic carbocycles. The molecule has 3 rings (SSSR count). The van der Waals surface area contributed by atoms with Crippen LogP contribution in [0.1, 0.15) is 18.4 Å². The lowest BCUT2D eigenvalue weighted by Gasteiger charge is -2.38. The van der Waals surface area contributed by atoms with E-state index in [0.717, 1.165) is 36.4 Å². The fourth-order valence-corrected chi connectivity index (χ4v) is 4.68. The molecule has 0 bridgehead atoms. The number of sulfonamides is 1. The SMILES string of the molecule is O=S(=O)(NC1(c2ccc(F)c(F)c2)CCNCC1)c1ccc(OC(F)(F)F)cc1. The predicted octanol–water partition coefficient (Wildman–Crippen LogP) is 3.42. The first-order chi connectivity index (χ1) is 13.5. The highest BCUT2D eigenvalue weighted by Gasteiger charge is 2.39. The fraction of sp³-hybridized carbons (Fsp3) is 0.333.